The van der Waals surface area contributed by atoms with Crippen molar-refractivity contribution in [1.82, 2.24) is 5.43 Å². The van der Waals surface area contributed by atoms with Gasteiger partial charge in [0.1, 0.15) is 0 Å². The summed E-state index contributed by atoms with van der Waals surface area (Å²) in [5, 5.41) is 3.97. The maximum absolute atomic E-state index is 11.9. The molecule has 108 valence electrons. The molecule has 0 aromatic heterocycles. The van der Waals surface area contributed by atoms with Gasteiger partial charge in [-0.2, -0.15) is 5.10 Å². The summed E-state index contributed by atoms with van der Waals surface area (Å²) >= 11 is 3.37. The number of hydrogen-bond donors (Lipinski definition) is 1. The molecule has 21 heavy (non-hydrogen) atoms. The first-order valence-electron chi connectivity index (χ1n) is 6.75. The Bertz CT molecular complexity index is 631. The van der Waals surface area contributed by atoms with Gasteiger partial charge in [-0.05, 0) is 41.3 Å². The lowest BCUT2D eigenvalue weighted by Gasteiger charge is -2.05. The third-order valence-electron chi connectivity index (χ3n) is 3.09. The van der Waals surface area contributed by atoms with E-state index in [-0.39, 0.29) is 5.91 Å². The Hall–Kier alpha value is -1.94. The quantitative estimate of drug-likeness (QED) is 0.650. The number of hydrogen-bond acceptors (Lipinski definition) is 2. The second-order valence-corrected chi connectivity index (χ2v) is 5.94. The molecule has 0 aliphatic heterocycles. The first kappa shape index (κ1) is 15.4. The molecule has 0 aliphatic rings. The molecule has 0 aliphatic carbocycles. The molecule has 0 radical (unpaired) electrons. The van der Waals surface area contributed by atoms with Gasteiger partial charge in [-0.25, -0.2) is 5.43 Å². The summed E-state index contributed by atoms with van der Waals surface area (Å²) in [6.45, 7) is 4.25. The molecule has 0 spiro atoms. The van der Waals surface area contributed by atoms with E-state index in [0.717, 1.165) is 10.0 Å². The van der Waals surface area contributed by atoms with Crippen LogP contribution in [0.15, 0.2) is 58.1 Å². The first-order chi connectivity index (χ1) is 10.1. The van der Waals surface area contributed by atoms with Crippen LogP contribution in [0.2, 0.25) is 0 Å². The molecule has 0 unspecified atom stereocenters. The molecule has 0 heterocycles. The number of rotatable bonds is 4. The summed E-state index contributed by atoms with van der Waals surface area (Å²) in [6.07, 6.45) is 1.62. The highest BCUT2D eigenvalue weighted by Gasteiger charge is 2.05. The van der Waals surface area contributed by atoms with Gasteiger partial charge in [0.15, 0.2) is 0 Å². The van der Waals surface area contributed by atoms with E-state index in [1.807, 2.05) is 48.5 Å². The minimum atomic E-state index is -0.210. The summed E-state index contributed by atoms with van der Waals surface area (Å²) < 4.78 is 1.01. The molecule has 0 fully saturated rings. The Kier molecular flexibility index (Phi) is 5.28. The highest BCUT2D eigenvalue weighted by molar-refractivity contribution is 9.10. The molecular weight excluding hydrogens is 328 g/mol. The molecular formula is C17H17BrN2O. The van der Waals surface area contributed by atoms with Crippen molar-refractivity contribution >= 4 is 28.1 Å². The smallest absolute Gasteiger partial charge is 0.267 e. The van der Waals surface area contributed by atoms with Crippen molar-refractivity contribution in [1.29, 1.82) is 0 Å². The van der Waals surface area contributed by atoms with Gasteiger partial charge in [0.2, 0.25) is 0 Å². The van der Waals surface area contributed by atoms with Crippen LogP contribution in [0.1, 0.15) is 41.3 Å². The zero-order valence-corrected chi connectivity index (χ0v) is 13.6. The molecule has 0 saturated carbocycles. The van der Waals surface area contributed by atoms with Gasteiger partial charge in [0.05, 0.1) is 6.21 Å². The Balaban J connectivity index is 1.96. The van der Waals surface area contributed by atoms with Crippen LogP contribution < -0.4 is 5.43 Å². The summed E-state index contributed by atoms with van der Waals surface area (Å²) in [5.41, 5.74) is 5.27. The Morgan fingerprint density at radius 2 is 1.71 bits per heavy atom. The number of halogens is 1. The van der Waals surface area contributed by atoms with Gasteiger partial charge in [-0.3, -0.25) is 4.79 Å². The molecule has 0 saturated heterocycles. The van der Waals surface area contributed by atoms with E-state index in [9.17, 15) is 4.79 Å². The van der Waals surface area contributed by atoms with E-state index in [4.69, 9.17) is 0 Å². The van der Waals surface area contributed by atoms with Crippen molar-refractivity contribution in [2.45, 2.75) is 19.8 Å². The molecule has 2 aromatic rings. The summed E-state index contributed by atoms with van der Waals surface area (Å²) in [6, 6.07) is 15.3. The topological polar surface area (TPSA) is 41.5 Å². The van der Waals surface area contributed by atoms with Crippen molar-refractivity contribution in [3.63, 3.8) is 0 Å². The van der Waals surface area contributed by atoms with Crippen LogP contribution in [0.3, 0.4) is 0 Å². The van der Waals surface area contributed by atoms with E-state index in [1.54, 1.807) is 6.21 Å². The van der Waals surface area contributed by atoms with Crippen LogP contribution in [0, 0.1) is 0 Å². The molecule has 1 N–H and O–H groups in total. The molecule has 3 nitrogen and oxygen atoms in total. The second kappa shape index (κ2) is 7.18. The van der Waals surface area contributed by atoms with E-state index in [0.29, 0.717) is 11.5 Å². The van der Waals surface area contributed by atoms with E-state index in [2.05, 4.69) is 40.3 Å². The minimum Gasteiger partial charge on any atom is -0.267 e. The number of carbonyl (C=O) groups is 1. The van der Waals surface area contributed by atoms with Gasteiger partial charge in [-0.1, -0.05) is 54.0 Å². The van der Waals surface area contributed by atoms with Gasteiger partial charge < -0.3 is 0 Å². The lowest BCUT2D eigenvalue weighted by atomic mass is 10.0. The number of amides is 1. The predicted octanol–water partition coefficient (Wildman–Crippen LogP) is 4.34. The summed E-state index contributed by atoms with van der Waals surface area (Å²) in [5.74, 6) is 0.246. The van der Waals surface area contributed by atoms with E-state index in [1.165, 1.54) is 5.56 Å². The highest BCUT2D eigenvalue weighted by Crippen LogP contribution is 2.14. The van der Waals surface area contributed by atoms with Crippen LogP contribution in [0.5, 0.6) is 0 Å². The zero-order valence-electron chi connectivity index (χ0n) is 12.0. The van der Waals surface area contributed by atoms with Crippen LogP contribution in [-0.2, 0) is 0 Å². The number of benzene rings is 2. The Morgan fingerprint density at radius 1 is 1.10 bits per heavy atom. The van der Waals surface area contributed by atoms with Crippen LogP contribution in [0.4, 0.5) is 0 Å². The number of hydrazone groups is 1. The molecule has 2 rings (SSSR count). The largest absolute Gasteiger partial charge is 0.271 e. The third-order valence-corrected chi connectivity index (χ3v) is 3.62. The van der Waals surface area contributed by atoms with E-state index >= 15 is 0 Å². The fourth-order valence-corrected chi connectivity index (χ4v) is 2.06. The average Bonchev–Trinajstić information content (AvgIpc) is 2.49. The van der Waals surface area contributed by atoms with Crippen molar-refractivity contribution < 1.29 is 4.79 Å². The second-order valence-electron chi connectivity index (χ2n) is 5.03. The Labute approximate surface area is 133 Å². The number of nitrogens with zero attached hydrogens (tertiary/aromatic N) is 1. The normalized spacial score (nSPS) is 11.0. The summed E-state index contributed by atoms with van der Waals surface area (Å²) in [4.78, 5) is 11.9. The third kappa shape index (κ3) is 4.53. The number of carbonyl (C=O) groups excluding carboxylic acids is 1. The molecule has 0 bridgehead atoms. The molecule has 2 aromatic carbocycles. The minimum absolute atomic E-state index is 0.210. The van der Waals surface area contributed by atoms with Crippen LogP contribution >= 0.6 is 15.9 Å². The van der Waals surface area contributed by atoms with Gasteiger partial charge in [-0.15, -0.1) is 0 Å². The van der Waals surface area contributed by atoms with Crippen molar-refractivity contribution in [2.24, 2.45) is 5.10 Å². The van der Waals surface area contributed by atoms with Crippen molar-refractivity contribution in [2.75, 3.05) is 0 Å². The average molecular weight is 345 g/mol. The van der Waals surface area contributed by atoms with Gasteiger partial charge in [0.25, 0.3) is 5.91 Å². The molecule has 0 atom stereocenters. The lowest BCUT2D eigenvalue weighted by Crippen LogP contribution is -2.17. The van der Waals surface area contributed by atoms with Gasteiger partial charge in [0, 0.05) is 10.0 Å². The molecule has 4 heteroatoms. The number of nitrogens with one attached hydrogen (secondary N) is 1. The maximum Gasteiger partial charge on any atom is 0.271 e. The fraction of sp³-hybridized carbons (Fsp3) is 0.176. The first-order valence-corrected chi connectivity index (χ1v) is 7.54. The van der Waals surface area contributed by atoms with Crippen molar-refractivity contribution in [3.05, 3.63) is 69.7 Å². The van der Waals surface area contributed by atoms with Crippen LogP contribution in [-0.4, -0.2) is 12.1 Å². The van der Waals surface area contributed by atoms with Gasteiger partial charge >= 0.3 is 0 Å². The monoisotopic (exact) mass is 344 g/mol. The van der Waals surface area contributed by atoms with E-state index < -0.39 is 0 Å². The standard InChI is InChI=1S/C17H17BrN2O/c1-12(2)14-5-7-15(8-6-14)17(21)20-19-11-13-3-9-16(18)10-4-13/h3-12H,1-2H3,(H,20,21)/b19-11+. The fourth-order valence-electron chi connectivity index (χ4n) is 1.80. The summed E-state index contributed by atoms with van der Waals surface area (Å²) in [7, 11) is 0. The lowest BCUT2D eigenvalue weighted by molar-refractivity contribution is 0.0955. The maximum atomic E-state index is 11.9. The zero-order chi connectivity index (χ0) is 15.2. The Morgan fingerprint density at radius 3 is 2.29 bits per heavy atom. The van der Waals surface area contributed by atoms with Crippen molar-refractivity contribution in [3.8, 4) is 0 Å². The highest BCUT2D eigenvalue weighted by atomic mass is 79.9. The van der Waals surface area contributed by atoms with Crippen LogP contribution in [0.25, 0.3) is 0 Å². The SMILES string of the molecule is CC(C)c1ccc(C(=O)N/N=C/c2ccc(Br)cc2)cc1. The molecule has 1 amide bonds. The predicted molar refractivity (Wildman–Crippen MR) is 89.7 cm³/mol.